The predicted molar refractivity (Wildman–Crippen MR) is 44.1 cm³/mol. The molecule has 2 nitrogen and oxygen atoms in total. The quantitative estimate of drug-likeness (QED) is 0.583. The molecule has 1 fully saturated rings. The maximum atomic E-state index is 10.7. The highest BCUT2D eigenvalue weighted by Gasteiger charge is 2.32. The molecule has 58 valence electrons. The van der Waals surface area contributed by atoms with Crippen LogP contribution in [0.15, 0.2) is 0 Å². The summed E-state index contributed by atoms with van der Waals surface area (Å²) in [6.07, 6.45) is 1.27. The number of amides is 1. The molecule has 0 radical (unpaired) electrons. The SMILES string of the molecule is CC1CC1CNC(=O)CS. The fraction of sp³-hybridized carbons (Fsp3) is 0.857. The lowest BCUT2D eigenvalue weighted by Crippen LogP contribution is -2.26. The van der Waals surface area contributed by atoms with Crippen molar-refractivity contribution >= 4 is 18.5 Å². The van der Waals surface area contributed by atoms with E-state index >= 15 is 0 Å². The third-order valence-corrected chi connectivity index (χ3v) is 2.27. The van der Waals surface area contributed by atoms with Gasteiger partial charge >= 0.3 is 0 Å². The molecule has 2 atom stereocenters. The van der Waals surface area contributed by atoms with Gasteiger partial charge in [0.15, 0.2) is 0 Å². The van der Waals surface area contributed by atoms with Crippen molar-refractivity contribution in [3.63, 3.8) is 0 Å². The van der Waals surface area contributed by atoms with Crippen molar-refractivity contribution in [3.8, 4) is 0 Å². The van der Waals surface area contributed by atoms with Crippen molar-refractivity contribution in [2.45, 2.75) is 13.3 Å². The van der Waals surface area contributed by atoms with Crippen LogP contribution in [0.1, 0.15) is 13.3 Å². The second-order valence-corrected chi connectivity index (χ2v) is 3.25. The number of carbonyl (C=O) groups is 1. The average Bonchev–Trinajstić information content (AvgIpc) is 2.61. The van der Waals surface area contributed by atoms with E-state index in [9.17, 15) is 4.79 Å². The normalized spacial score (nSPS) is 29.8. The van der Waals surface area contributed by atoms with Crippen LogP contribution in [0.25, 0.3) is 0 Å². The largest absolute Gasteiger partial charge is 0.355 e. The first-order valence-electron chi connectivity index (χ1n) is 3.61. The topological polar surface area (TPSA) is 29.1 Å². The molecule has 0 spiro atoms. The first kappa shape index (κ1) is 7.92. The Morgan fingerprint density at radius 1 is 1.80 bits per heavy atom. The van der Waals surface area contributed by atoms with Crippen LogP contribution < -0.4 is 5.32 Å². The fourth-order valence-corrected chi connectivity index (χ4v) is 1.10. The maximum Gasteiger partial charge on any atom is 0.229 e. The zero-order valence-corrected chi connectivity index (χ0v) is 7.03. The minimum Gasteiger partial charge on any atom is -0.355 e. The number of thiol groups is 1. The summed E-state index contributed by atoms with van der Waals surface area (Å²) in [6.45, 7) is 3.05. The van der Waals surface area contributed by atoms with Crippen LogP contribution in [0.5, 0.6) is 0 Å². The third-order valence-electron chi connectivity index (χ3n) is 1.98. The lowest BCUT2D eigenvalue weighted by Gasteiger charge is -1.99. The first-order chi connectivity index (χ1) is 4.74. The number of carbonyl (C=O) groups excluding carboxylic acids is 1. The molecule has 2 unspecified atom stereocenters. The van der Waals surface area contributed by atoms with Gasteiger partial charge in [-0.15, -0.1) is 0 Å². The van der Waals surface area contributed by atoms with Crippen LogP contribution in [0, 0.1) is 11.8 Å². The summed E-state index contributed by atoms with van der Waals surface area (Å²) in [5.74, 6) is 1.91. The smallest absolute Gasteiger partial charge is 0.229 e. The molecule has 1 rings (SSSR count). The molecular formula is C7H13NOS. The molecule has 1 N–H and O–H groups in total. The second kappa shape index (κ2) is 3.28. The molecule has 0 aromatic carbocycles. The van der Waals surface area contributed by atoms with Gasteiger partial charge in [0.2, 0.25) is 5.91 Å². The van der Waals surface area contributed by atoms with Crippen molar-refractivity contribution in [2.75, 3.05) is 12.3 Å². The molecule has 0 aromatic heterocycles. The van der Waals surface area contributed by atoms with E-state index in [0.29, 0.717) is 5.75 Å². The third kappa shape index (κ3) is 2.21. The lowest BCUT2D eigenvalue weighted by molar-refractivity contribution is -0.118. The highest BCUT2D eigenvalue weighted by molar-refractivity contribution is 7.81. The Bertz CT molecular complexity index is 138. The highest BCUT2D eigenvalue weighted by atomic mass is 32.1. The summed E-state index contributed by atoms with van der Waals surface area (Å²) in [5.41, 5.74) is 0. The predicted octanol–water partition coefficient (Wildman–Crippen LogP) is 0.688. The van der Waals surface area contributed by atoms with E-state index in [0.717, 1.165) is 18.4 Å². The van der Waals surface area contributed by atoms with Crippen LogP contribution in [0.4, 0.5) is 0 Å². The Hall–Kier alpha value is -0.180. The molecule has 0 bridgehead atoms. The van der Waals surface area contributed by atoms with Crippen LogP contribution in [0.2, 0.25) is 0 Å². The summed E-state index contributed by atoms with van der Waals surface area (Å²) < 4.78 is 0. The molecule has 0 aliphatic heterocycles. The summed E-state index contributed by atoms with van der Waals surface area (Å²) in [5, 5.41) is 2.81. The minimum absolute atomic E-state index is 0.0439. The van der Waals surface area contributed by atoms with Crippen molar-refractivity contribution < 1.29 is 4.79 Å². The van der Waals surface area contributed by atoms with Crippen LogP contribution in [-0.4, -0.2) is 18.2 Å². The van der Waals surface area contributed by atoms with Crippen molar-refractivity contribution in [3.05, 3.63) is 0 Å². The molecule has 10 heavy (non-hydrogen) atoms. The van der Waals surface area contributed by atoms with Gasteiger partial charge in [-0.25, -0.2) is 0 Å². The Morgan fingerprint density at radius 3 is 2.80 bits per heavy atom. The van der Waals surface area contributed by atoms with Gasteiger partial charge < -0.3 is 5.32 Å². The van der Waals surface area contributed by atoms with Gasteiger partial charge in [0.05, 0.1) is 5.75 Å². The number of rotatable bonds is 3. The zero-order valence-electron chi connectivity index (χ0n) is 6.13. The van der Waals surface area contributed by atoms with Gasteiger partial charge in [-0.3, -0.25) is 4.79 Å². The van der Waals surface area contributed by atoms with Gasteiger partial charge in [-0.1, -0.05) is 6.92 Å². The number of hydrogen-bond donors (Lipinski definition) is 2. The standard InChI is InChI=1S/C7H13NOS/c1-5-2-6(5)3-8-7(9)4-10/h5-6,10H,2-4H2,1H3,(H,8,9). The monoisotopic (exact) mass is 159 g/mol. The summed E-state index contributed by atoms with van der Waals surface area (Å²) >= 11 is 3.85. The average molecular weight is 159 g/mol. The molecule has 1 aliphatic carbocycles. The molecule has 0 heterocycles. The fourth-order valence-electron chi connectivity index (χ4n) is 0.984. The van der Waals surface area contributed by atoms with Crippen molar-refractivity contribution in [2.24, 2.45) is 11.8 Å². The van der Waals surface area contributed by atoms with Gasteiger partial charge in [0, 0.05) is 6.54 Å². The van der Waals surface area contributed by atoms with E-state index in [1.54, 1.807) is 0 Å². The first-order valence-corrected chi connectivity index (χ1v) is 4.25. The molecule has 1 saturated carbocycles. The molecule has 3 heteroatoms. The van der Waals surface area contributed by atoms with Crippen molar-refractivity contribution in [1.82, 2.24) is 5.32 Å². The Labute approximate surface area is 66.8 Å². The van der Waals surface area contributed by atoms with Crippen LogP contribution in [0.3, 0.4) is 0 Å². The van der Waals surface area contributed by atoms with E-state index in [1.807, 2.05) is 0 Å². The zero-order chi connectivity index (χ0) is 7.56. The number of hydrogen-bond acceptors (Lipinski definition) is 2. The van der Waals surface area contributed by atoms with Crippen molar-refractivity contribution in [1.29, 1.82) is 0 Å². The summed E-state index contributed by atoms with van der Waals surface area (Å²) in [6, 6.07) is 0. The Kier molecular flexibility index (Phi) is 2.60. The van der Waals surface area contributed by atoms with E-state index < -0.39 is 0 Å². The minimum atomic E-state index is 0.0439. The molecule has 1 aliphatic rings. The Morgan fingerprint density at radius 2 is 2.40 bits per heavy atom. The highest BCUT2D eigenvalue weighted by Crippen LogP contribution is 2.36. The van der Waals surface area contributed by atoms with Crippen LogP contribution >= 0.6 is 12.6 Å². The van der Waals surface area contributed by atoms with Gasteiger partial charge in [-0.2, -0.15) is 12.6 Å². The molecule has 0 aromatic rings. The molecule has 1 amide bonds. The van der Waals surface area contributed by atoms with E-state index in [-0.39, 0.29) is 5.91 Å². The van der Waals surface area contributed by atoms with E-state index in [4.69, 9.17) is 0 Å². The van der Waals surface area contributed by atoms with Gasteiger partial charge in [-0.05, 0) is 18.3 Å². The lowest BCUT2D eigenvalue weighted by atomic mass is 10.3. The van der Waals surface area contributed by atoms with Crippen LogP contribution in [-0.2, 0) is 4.79 Å². The van der Waals surface area contributed by atoms with E-state index in [1.165, 1.54) is 6.42 Å². The number of nitrogens with one attached hydrogen (secondary N) is 1. The Balaban J connectivity index is 2.00. The summed E-state index contributed by atoms with van der Waals surface area (Å²) in [7, 11) is 0. The van der Waals surface area contributed by atoms with Gasteiger partial charge in [0.1, 0.15) is 0 Å². The maximum absolute atomic E-state index is 10.7. The molecular weight excluding hydrogens is 146 g/mol. The second-order valence-electron chi connectivity index (χ2n) is 2.94. The summed E-state index contributed by atoms with van der Waals surface area (Å²) in [4.78, 5) is 10.7. The van der Waals surface area contributed by atoms with Gasteiger partial charge in [0.25, 0.3) is 0 Å². The molecule has 0 saturated heterocycles. The van der Waals surface area contributed by atoms with E-state index in [2.05, 4.69) is 24.9 Å².